The first-order valence-corrected chi connectivity index (χ1v) is 13.1. The lowest BCUT2D eigenvalue weighted by atomic mass is 9.42. The minimum Gasteiger partial charge on any atom is -0.465 e. The van der Waals surface area contributed by atoms with E-state index in [0.29, 0.717) is 43.6 Å². The molecule has 0 aliphatic heterocycles. The van der Waals surface area contributed by atoms with E-state index in [2.05, 4.69) is 27.7 Å². The highest BCUT2D eigenvalue weighted by Crippen LogP contribution is 2.69. The quantitative estimate of drug-likeness (QED) is 0.498. The number of esters is 2. The van der Waals surface area contributed by atoms with E-state index in [1.165, 1.54) is 5.57 Å². The molecule has 0 bridgehead atoms. The number of ketones is 1. The molecule has 0 amide bonds. The molecule has 3 saturated carbocycles. The van der Waals surface area contributed by atoms with E-state index in [-0.39, 0.29) is 40.4 Å². The van der Waals surface area contributed by atoms with Crippen molar-refractivity contribution in [2.45, 2.75) is 98.5 Å². The summed E-state index contributed by atoms with van der Waals surface area (Å²) in [6.07, 6.45) is 8.24. The van der Waals surface area contributed by atoms with Crippen molar-refractivity contribution in [3.05, 3.63) is 11.6 Å². The fourth-order valence-electron chi connectivity index (χ4n) is 8.46. The molecular weight excluding hydrogens is 416 g/mol. The smallest absolute Gasteiger partial charge is 0.306 e. The van der Waals surface area contributed by atoms with E-state index >= 15 is 0 Å². The molecular formula is C28H42O5. The van der Waals surface area contributed by atoms with E-state index in [0.717, 1.165) is 32.1 Å². The molecule has 184 valence electrons. The lowest BCUT2D eigenvalue weighted by Crippen LogP contribution is -2.59. The Morgan fingerprint density at radius 3 is 2.36 bits per heavy atom. The van der Waals surface area contributed by atoms with Crippen LogP contribution in [0.5, 0.6) is 0 Å². The molecule has 4 rings (SSSR count). The topological polar surface area (TPSA) is 69.7 Å². The van der Waals surface area contributed by atoms with E-state index in [9.17, 15) is 14.4 Å². The maximum Gasteiger partial charge on any atom is 0.306 e. The first kappa shape index (κ1) is 24.5. The summed E-state index contributed by atoms with van der Waals surface area (Å²) in [7, 11) is 0. The number of rotatable bonds is 5. The highest BCUT2D eigenvalue weighted by atomic mass is 16.6. The van der Waals surface area contributed by atoms with Crippen molar-refractivity contribution in [1.29, 1.82) is 0 Å². The Morgan fingerprint density at radius 2 is 1.70 bits per heavy atom. The molecule has 33 heavy (non-hydrogen) atoms. The van der Waals surface area contributed by atoms with Crippen LogP contribution in [0.2, 0.25) is 0 Å². The van der Waals surface area contributed by atoms with Crippen LogP contribution in [-0.2, 0) is 23.9 Å². The summed E-state index contributed by atoms with van der Waals surface area (Å²) >= 11 is 0. The summed E-state index contributed by atoms with van der Waals surface area (Å²) in [4.78, 5) is 37.1. The number of carbonyl (C=O) groups excluding carboxylic acids is 3. The standard InChI is InChI=1S/C28H42O5/c1-7-24(30)32-16-28-18(4)14-19(29)15-23(28)17(3)13-20-21-10-12-27(6,33-25(31)8-2)26(21,5)11-9-22(20)28/h15,17-18,20-22H,7-14,16H2,1-6H3/t17-,18-,20-,21-,22-,26-,27+,28+/m0/s1. The third-order valence-corrected chi connectivity index (χ3v) is 10.4. The van der Waals surface area contributed by atoms with Gasteiger partial charge < -0.3 is 9.47 Å². The minimum atomic E-state index is -0.426. The van der Waals surface area contributed by atoms with Crippen LogP contribution in [0.3, 0.4) is 0 Å². The van der Waals surface area contributed by atoms with Gasteiger partial charge >= 0.3 is 11.9 Å². The van der Waals surface area contributed by atoms with Gasteiger partial charge in [-0.15, -0.1) is 0 Å². The van der Waals surface area contributed by atoms with E-state index < -0.39 is 5.60 Å². The third-order valence-electron chi connectivity index (χ3n) is 10.4. The third kappa shape index (κ3) is 3.60. The van der Waals surface area contributed by atoms with Crippen LogP contribution in [0.4, 0.5) is 0 Å². The predicted molar refractivity (Wildman–Crippen MR) is 126 cm³/mol. The van der Waals surface area contributed by atoms with Crippen molar-refractivity contribution >= 4 is 17.7 Å². The zero-order valence-corrected chi connectivity index (χ0v) is 21.4. The molecule has 3 fully saturated rings. The second kappa shape index (κ2) is 8.53. The molecule has 0 radical (unpaired) electrons. The van der Waals surface area contributed by atoms with Gasteiger partial charge in [0.2, 0.25) is 0 Å². The Balaban J connectivity index is 1.73. The molecule has 4 aliphatic carbocycles. The molecule has 5 heteroatoms. The van der Waals surface area contributed by atoms with Gasteiger partial charge in [0.1, 0.15) is 12.2 Å². The fourth-order valence-corrected chi connectivity index (χ4v) is 8.46. The van der Waals surface area contributed by atoms with Crippen LogP contribution < -0.4 is 0 Å². The number of carbonyl (C=O) groups is 3. The van der Waals surface area contributed by atoms with Crippen LogP contribution in [0.1, 0.15) is 92.9 Å². The average Bonchev–Trinajstić information content (AvgIpc) is 3.03. The molecule has 5 nitrogen and oxygen atoms in total. The lowest BCUT2D eigenvalue weighted by molar-refractivity contribution is -0.185. The summed E-state index contributed by atoms with van der Waals surface area (Å²) in [5, 5.41) is 0. The summed E-state index contributed by atoms with van der Waals surface area (Å²) in [6, 6.07) is 0. The number of fused-ring (bicyclic) bond motifs is 5. The second-order valence-corrected chi connectivity index (χ2v) is 11.8. The van der Waals surface area contributed by atoms with Gasteiger partial charge in [-0.05, 0) is 74.7 Å². The molecule has 0 N–H and O–H groups in total. The zero-order chi connectivity index (χ0) is 24.2. The van der Waals surface area contributed by atoms with Gasteiger partial charge in [-0.3, -0.25) is 14.4 Å². The highest BCUT2D eigenvalue weighted by Gasteiger charge is 2.66. The Bertz CT molecular complexity index is 860. The largest absolute Gasteiger partial charge is 0.465 e. The minimum absolute atomic E-state index is 0.0467. The summed E-state index contributed by atoms with van der Waals surface area (Å²) in [5.41, 5.74) is 0.486. The Morgan fingerprint density at radius 1 is 1.03 bits per heavy atom. The molecule has 4 aliphatic rings. The lowest BCUT2D eigenvalue weighted by Gasteiger charge is -2.62. The van der Waals surface area contributed by atoms with Gasteiger partial charge in [0.05, 0.1) is 0 Å². The molecule has 0 heterocycles. The molecule has 0 spiro atoms. The number of hydrogen-bond acceptors (Lipinski definition) is 5. The number of hydrogen-bond donors (Lipinski definition) is 0. The Kier molecular flexibility index (Phi) is 6.33. The Hall–Kier alpha value is -1.65. The summed E-state index contributed by atoms with van der Waals surface area (Å²) in [5.74, 6) is 1.71. The van der Waals surface area contributed by atoms with Crippen molar-refractivity contribution in [2.24, 2.45) is 40.4 Å². The first-order valence-electron chi connectivity index (χ1n) is 13.1. The van der Waals surface area contributed by atoms with Crippen LogP contribution >= 0.6 is 0 Å². The van der Waals surface area contributed by atoms with E-state index in [1.807, 2.05) is 19.9 Å². The van der Waals surface area contributed by atoms with Gasteiger partial charge in [0.25, 0.3) is 0 Å². The van der Waals surface area contributed by atoms with Crippen LogP contribution in [-0.4, -0.2) is 29.9 Å². The second-order valence-electron chi connectivity index (χ2n) is 11.8. The average molecular weight is 459 g/mol. The molecule has 0 aromatic carbocycles. The first-order chi connectivity index (χ1) is 15.5. The normalized spacial score (nSPS) is 44.2. The van der Waals surface area contributed by atoms with Crippen molar-refractivity contribution in [2.75, 3.05) is 6.61 Å². The van der Waals surface area contributed by atoms with Crippen molar-refractivity contribution < 1.29 is 23.9 Å². The molecule has 0 aromatic heterocycles. The highest BCUT2D eigenvalue weighted by molar-refractivity contribution is 5.92. The fraction of sp³-hybridized carbons (Fsp3) is 0.821. The van der Waals surface area contributed by atoms with Gasteiger partial charge in [-0.1, -0.05) is 40.2 Å². The summed E-state index contributed by atoms with van der Waals surface area (Å²) in [6.45, 7) is 13.0. The van der Waals surface area contributed by atoms with Crippen molar-refractivity contribution in [3.63, 3.8) is 0 Å². The monoisotopic (exact) mass is 458 g/mol. The van der Waals surface area contributed by atoms with Crippen molar-refractivity contribution in [1.82, 2.24) is 0 Å². The molecule has 0 saturated heterocycles. The van der Waals surface area contributed by atoms with Gasteiger partial charge in [-0.25, -0.2) is 0 Å². The molecule has 0 aromatic rings. The maximum absolute atomic E-state index is 12.6. The zero-order valence-electron chi connectivity index (χ0n) is 21.4. The summed E-state index contributed by atoms with van der Waals surface area (Å²) < 4.78 is 12.0. The van der Waals surface area contributed by atoms with Crippen LogP contribution in [0, 0.1) is 40.4 Å². The van der Waals surface area contributed by atoms with Crippen LogP contribution in [0.25, 0.3) is 0 Å². The maximum atomic E-state index is 12.6. The van der Waals surface area contributed by atoms with Gasteiger partial charge in [0, 0.05) is 30.1 Å². The van der Waals surface area contributed by atoms with Crippen molar-refractivity contribution in [3.8, 4) is 0 Å². The SMILES string of the molecule is CCC(=O)OC[C@@]12C(=CC(=O)C[C@@H]1C)[C@@H](C)C[C@@H]1[C@@H]2CC[C@@]2(C)[C@H]1CC[C@@]2(C)OC(=O)CC. The van der Waals surface area contributed by atoms with E-state index in [1.54, 1.807) is 0 Å². The van der Waals surface area contributed by atoms with Gasteiger partial charge in [0.15, 0.2) is 5.78 Å². The van der Waals surface area contributed by atoms with Crippen LogP contribution in [0.15, 0.2) is 11.6 Å². The van der Waals surface area contributed by atoms with Gasteiger partial charge in [-0.2, -0.15) is 0 Å². The number of ether oxygens (including phenoxy) is 2. The predicted octanol–water partition coefficient (Wildman–Crippen LogP) is 5.66. The molecule has 8 atom stereocenters. The molecule has 0 unspecified atom stereocenters. The van der Waals surface area contributed by atoms with E-state index in [4.69, 9.17) is 9.47 Å². The Labute approximate surface area is 199 Å².